The number of anilines is 1. The van der Waals surface area contributed by atoms with Crippen LogP contribution in [0, 0.1) is 0 Å². The van der Waals surface area contributed by atoms with E-state index in [1.54, 1.807) is 0 Å². The normalized spacial score (nSPS) is 9.95. The van der Waals surface area contributed by atoms with Crippen molar-refractivity contribution in [2.75, 3.05) is 11.9 Å². The molecule has 0 aromatic heterocycles. The van der Waals surface area contributed by atoms with Gasteiger partial charge < -0.3 is 14.6 Å². The summed E-state index contributed by atoms with van der Waals surface area (Å²) in [5.41, 5.74) is -0.393. The molecule has 1 aromatic rings. The van der Waals surface area contributed by atoms with E-state index in [2.05, 4.69) is 21.4 Å². The number of carboxylic acid groups (broad SMARTS) is 1. The van der Waals surface area contributed by atoms with Crippen molar-refractivity contribution >= 4 is 17.7 Å². The van der Waals surface area contributed by atoms with E-state index in [-0.39, 0.29) is 17.9 Å². The van der Waals surface area contributed by atoms with E-state index in [9.17, 15) is 18.4 Å². The molecule has 0 aliphatic rings. The van der Waals surface area contributed by atoms with Gasteiger partial charge in [-0.2, -0.15) is 8.78 Å². The Labute approximate surface area is 112 Å². The molecule has 1 aromatic carbocycles. The largest absolute Gasteiger partial charge is 0.478 e. The second kappa shape index (κ2) is 7.07. The van der Waals surface area contributed by atoms with Crippen LogP contribution in [0.1, 0.15) is 10.4 Å². The highest BCUT2D eigenvalue weighted by Crippen LogP contribution is 2.27. The van der Waals surface area contributed by atoms with Crippen molar-refractivity contribution in [1.29, 1.82) is 0 Å². The number of rotatable bonds is 6. The fourth-order valence-corrected chi connectivity index (χ4v) is 1.23. The lowest BCUT2D eigenvalue weighted by Crippen LogP contribution is -2.15. The molecule has 20 heavy (non-hydrogen) atoms. The van der Waals surface area contributed by atoms with E-state index < -0.39 is 24.4 Å². The fraction of sp³-hybridized carbons (Fsp3) is 0.167. The van der Waals surface area contributed by atoms with Crippen LogP contribution in [0.2, 0.25) is 0 Å². The summed E-state index contributed by atoms with van der Waals surface area (Å²) in [5, 5.41) is 10.9. The molecule has 1 amide bonds. The van der Waals surface area contributed by atoms with Crippen molar-refractivity contribution in [3.63, 3.8) is 0 Å². The van der Waals surface area contributed by atoms with Crippen molar-refractivity contribution in [2.45, 2.75) is 6.61 Å². The molecule has 0 spiro atoms. The van der Waals surface area contributed by atoms with Crippen LogP contribution in [0.15, 0.2) is 30.9 Å². The highest BCUT2D eigenvalue weighted by molar-refractivity contribution is 5.91. The van der Waals surface area contributed by atoms with Gasteiger partial charge in [-0.05, 0) is 18.2 Å². The van der Waals surface area contributed by atoms with Crippen LogP contribution >= 0.6 is 0 Å². The number of aromatic carboxylic acids is 1. The average Bonchev–Trinajstić information content (AvgIpc) is 2.37. The molecule has 6 nitrogen and oxygen atoms in total. The van der Waals surface area contributed by atoms with Gasteiger partial charge in [0.2, 0.25) is 0 Å². The maximum atomic E-state index is 12.2. The molecule has 1 rings (SSSR count). The molecule has 0 unspecified atom stereocenters. The molecule has 0 fully saturated rings. The zero-order chi connectivity index (χ0) is 15.1. The summed E-state index contributed by atoms with van der Waals surface area (Å²) in [7, 11) is 0. The highest BCUT2D eigenvalue weighted by atomic mass is 19.3. The zero-order valence-electron chi connectivity index (χ0n) is 10.1. The molecule has 0 saturated heterocycles. The van der Waals surface area contributed by atoms with Crippen molar-refractivity contribution in [3.8, 4) is 5.75 Å². The molecule has 2 N–H and O–H groups in total. The number of ether oxygens (including phenoxy) is 2. The van der Waals surface area contributed by atoms with E-state index in [0.717, 1.165) is 18.2 Å². The van der Waals surface area contributed by atoms with Crippen molar-refractivity contribution in [3.05, 3.63) is 36.4 Å². The average molecular weight is 287 g/mol. The van der Waals surface area contributed by atoms with Gasteiger partial charge >= 0.3 is 18.7 Å². The van der Waals surface area contributed by atoms with Gasteiger partial charge in [0.1, 0.15) is 6.61 Å². The third-order valence-corrected chi connectivity index (χ3v) is 2.01. The van der Waals surface area contributed by atoms with Crippen molar-refractivity contribution < 1.29 is 33.0 Å². The van der Waals surface area contributed by atoms with E-state index >= 15 is 0 Å². The predicted octanol–water partition coefficient (Wildman–Crippen LogP) is 2.72. The Morgan fingerprint density at radius 2 is 2.15 bits per heavy atom. The number of hydrogen-bond acceptors (Lipinski definition) is 4. The summed E-state index contributed by atoms with van der Waals surface area (Å²) in [5.74, 6) is -1.79. The van der Waals surface area contributed by atoms with Gasteiger partial charge in [-0.25, -0.2) is 9.59 Å². The van der Waals surface area contributed by atoms with Crippen molar-refractivity contribution in [1.82, 2.24) is 0 Å². The van der Waals surface area contributed by atoms with E-state index in [0.29, 0.717) is 0 Å². The fourth-order valence-electron chi connectivity index (χ4n) is 1.23. The lowest BCUT2D eigenvalue weighted by atomic mass is 10.2. The first-order valence-corrected chi connectivity index (χ1v) is 5.31. The molecule has 0 heterocycles. The zero-order valence-corrected chi connectivity index (χ0v) is 10.1. The van der Waals surface area contributed by atoms with Crippen LogP contribution in [-0.2, 0) is 4.74 Å². The standard InChI is InChI=1S/C12H11F2NO5/c1-2-5-19-12(18)15-8-4-3-7(10(16)17)6-9(8)20-11(13)14/h2-4,6,11H,1,5H2,(H,15,18)(H,16,17). The highest BCUT2D eigenvalue weighted by Gasteiger charge is 2.15. The van der Waals surface area contributed by atoms with Gasteiger partial charge in [-0.3, -0.25) is 5.32 Å². The van der Waals surface area contributed by atoms with Crippen LogP contribution in [-0.4, -0.2) is 30.4 Å². The first-order valence-electron chi connectivity index (χ1n) is 5.31. The van der Waals surface area contributed by atoms with Gasteiger partial charge in [0.15, 0.2) is 5.75 Å². The number of amides is 1. The molecule has 0 saturated carbocycles. The first kappa shape index (κ1) is 15.4. The minimum Gasteiger partial charge on any atom is -0.478 e. The Morgan fingerprint density at radius 3 is 2.70 bits per heavy atom. The SMILES string of the molecule is C=CCOC(=O)Nc1ccc(C(=O)O)cc1OC(F)F. The lowest BCUT2D eigenvalue weighted by Gasteiger charge is -2.12. The summed E-state index contributed by atoms with van der Waals surface area (Å²) < 4.78 is 33.3. The topological polar surface area (TPSA) is 84.9 Å². The summed E-state index contributed by atoms with van der Waals surface area (Å²) in [6.45, 7) is 0.105. The van der Waals surface area contributed by atoms with Gasteiger partial charge in [-0.1, -0.05) is 12.7 Å². The number of carboxylic acids is 1. The van der Waals surface area contributed by atoms with Gasteiger partial charge in [0.25, 0.3) is 0 Å². The number of halogens is 2. The lowest BCUT2D eigenvalue weighted by molar-refractivity contribution is -0.0494. The molecular weight excluding hydrogens is 276 g/mol. The van der Waals surface area contributed by atoms with E-state index in [1.807, 2.05) is 0 Å². The number of alkyl halides is 2. The molecule has 108 valence electrons. The van der Waals surface area contributed by atoms with Crippen LogP contribution < -0.4 is 10.1 Å². The number of carbonyl (C=O) groups excluding carboxylic acids is 1. The van der Waals surface area contributed by atoms with Crippen LogP contribution in [0.5, 0.6) is 5.75 Å². The minimum atomic E-state index is -3.16. The molecular formula is C12H11F2NO5. The van der Waals surface area contributed by atoms with E-state index in [1.165, 1.54) is 6.08 Å². The summed E-state index contributed by atoms with van der Waals surface area (Å²) in [6.07, 6.45) is 0.413. The van der Waals surface area contributed by atoms with E-state index in [4.69, 9.17) is 5.11 Å². The van der Waals surface area contributed by atoms with Crippen LogP contribution in [0.4, 0.5) is 19.3 Å². The molecule has 0 bridgehead atoms. The van der Waals surface area contributed by atoms with Crippen LogP contribution in [0.3, 0.4) is 0 Å². The number of carbonyl (C=O) groups is 2. The molecule has 0 aliphatic carbocycles. The molecule has 8 heteroatoms. The summed E-state index contributed by atoms with van der Waals surface area (Å²) in [4.78, 5) is 22.0. The van der Waals surface area contributed by atoms with Gasteiger partial charge in [-0.15, -0.1) is 0 Å². The Balaban J connectivity index is 2.95. The Morgan fingerprint density at radius 1 is 1.45 bits per heavy atom. The number of nitrogens with one attached hydrogen (secondary N) is 1. The first-order chi connectivity index (χ1) is 9.43. The predicted molar refractivity (Wildman–Crippen MR) is 65.2 cm³/mol. The summed E-state index contributed by atoms with van der Waals surface area (Å²) in [6, 6.07) is 3.12. The quantitative estimate of drug-likeness (QED) is 0.786. The second-order valence-corrected chi connectivity index (χ2v) is 3.41. The maximum Gasteiger partial charge on any atom is 0.412 e. The molecule has 0 radical (unpaired) electrons. The van der Waals surface area contributed by atoms with Crippen LogP contribution in [0.25, 0.3) is 0 Å². The smallest absolute Gasteiger partial charge is 0.412 e. The second-order valence-electron chi connectivity index (χ2n) is 3.41. The Kier molecular flexibility index (Phi) is 5.45. The minimum absolute atomic E-state index is 0.0654. The molecule has 0 atom stereocenters. The van der Waals surface area contributed by atoms with Gasteiger partial charge in [0, 0.05) is 0 Å². The number of benzene rings is 1. The summed E-state index contributed by atoms with van der Waals surface area (Å²) >= 11 is 0. The monoisotopic (exact) mass is 287 g/mol. The van der Waals surface area contributed by atoms with Crippen molar-refractivity contribution in [2.24, 2.45) is 0 Å². The maximum absolute atomic E-state index is 12.2. The molecule has 0 aliphatic heterocycles. The third-order valence-electron chi connectivity index (χ3n) is 2.01. The van der Waals surface area contributed by atoms with Gasteiger partial charge in [0.05, 0.1) is 11.3 Å². The Bertz CT molecular complexity index is 519. The Hall–Kier alpha value is -2.64. The third kappa shape index (κ3) is 4.56. The number of hydrogen-bond donors (Lipinski definition) is 2.